The lowest BCUT2D eigenvalue weighted by atomic mass is 10.1. The number of urea groups is 1. The molecule has 0 bridgehead atoms. The molecule has 184 valence electrons. The SMILES string of the molecule is CCCCc1cc(NC(=O)Nc2cccc(Cl)c2Cl)n(-c2ccc(CC(=O)N3CCCC3)cc2)n1. The number of nitrogens with zero attached hydrogens (tertiary/aromatic N) is 3. The highest BCUT2D eigenvalue weighted by Crippen LogP contribution is 2.29. The van der Waals surface area contributed by atoms with E-state index in [1.807, 2.05) is 35.2 Å². The van der Waals surface area contributed by atoms with Gasteiger partial charge in [0.15, 0.2) is 0 Å². The molecule has 0 unspecified atom stereocenters. The molecule has 4 rings (SSSR count). The number of aromatic nitrogens is 2. The average Bonchev–Trinajstić information content (AvgIpc) is 3.52. The van der Waals surface area contributed by atoms with Crippen LogP contribution in [-0.4, -0.2) is 39.7 Å². The number of hydrogen-bond donors (Lipinski definition) is 2. The molecule has 0 saturated carbocycles. The minimum absolute atomic E-state index is 0.162. The van der Waals surface area contributed by atoms with E-state index in [4.69, 9.17) is 28.3 Å². The Bertz CT molecular complexity index is 1190. The monoisotopic (exact) mass is 513 g/mol. The normalized spacial score (nSPS) is 13.2. The first-order valence-corrected chi connectivity index (χ1v) is 12.7. The van der Waals surface area contributed by atoms with Gasteiger partial charge in [-0.15, -0.1) is 0 Å². The highest BCUT2D eigenvalue weighted by molar-refractivity contribution is 6.44. The molecule has 1 aliphatic heterocycles. The van der Waals surface area contributed by atoms with Crippen LogP contribution in [0.3, 0.4) is 0 Å². The summed E-state index contributed by atoms with van der Waals surface area (Å²) in [4.78, 5) is 27.2. The number of anilines is 2. The summed E-state index contributed by atoms with van der Waals surface area (Å²) in [6.45, 7) is 3.82. The standard InChI is InChI=1S/C26H29Cl2N5O2/c1-2-3-7-19-17-23(30-26(35)29-22-9-6-8-21(27)25(22)28)33(31-19)20-12-10-18(11-13-20)16-24(34)32-14-4-5-15-32/h6,8-13,17H,2-5,7,14-16H2,1H3,(H2,29,30,35). The van der Waals surface area contributed by atoms with E-state index in [-0.39, 0.29) is 10.9 Å². The molecule has 2 aromatic carbocycles. The Morgan fingerprint density at radius 3 is 2.49 bits per heavy atom. The topological polar surface area (TPSA) is 79.3 Å². The van der Waals surface area contributed by atoms with E-state index in [2.05, 4.69) is 17.6 Å². The van der Waals surface area contributed by atoms with Crippen LogP contribution in [0.4, 0.5) is 16.3 Å². The molecule has 0 atom stereocenters. The highest BCUT2D eigenvalue weighted by atomic mass is 35.5. The van der Waals surface area contributed by atoms with Crippen LogP contribution in [0, 0.1) is 0 Å². The van der Waals surface area contributed by atoms with Gasteiger partial charge in [0.05, 0.1) is 33.5 Å². The molecule has 9 heteroatoms. The Hall–Kier alpha value is -3.03. The van der Waals surface area contributed by atoms with Crippen molar-refractivity contribution in [2.45, 2.75) is 45.4 Å². The Kier molecular flexibility index (Phi) is 8.31. The number of carbonyl (C=O) groups is 2. The molecule has 3 amide bonds. The number of amides is 3. The van der Waals surface area contributed by atoms with E-state index in [1.165, 1.54) is 0 Å². The third kappa shape index (κ3) is 6.35. The Balaban J connectivity index is 1.51. The van der Waals surface area contributed by atoms with Gasteiger partial charge in [-0.25, -0.2) is 9.48 Å². The minimum atomic E-state index is -0.454. The lowest BCUT2D eigenvalue weighted by Crippen LogP contribution is -2.29. The van der Waals surface area contributed by atoms with Crippen LogP contribution in [0.25, 0.3) is 5.69 Å². The predicted octanol–water partition coefficient (Wildman–Crippen LogP) is 6.33. The van der Waals surface area contributed by atoms with Crippen molar-refractivity contribution in [1.29, 1.82) is 0 Å². The molecule has 7 nitrogen and oxygen atoms in total. The van der Waals surface area contributed by atoms with Crippen molar-refractivity contribution in [3.8, 4) is 5.69 Å². The second kappa shape index (κ2) is 11.6. The second-order valence-electron chi connectivity index (χ2n) is 8.65. The van der Waals surface area contributed by atoms with Gasteiger partial charge >= 0.3 is 6.03 Å². The van der Waals surface area contributed by atoms with Crippen molar-refractivity contribution in [3.05, 3.63) is 69.8 Å². The number of nitrogens with one attached hydrogen (secondary N) is 2. The fraction of sp³-hybridized carbons (Fsp3) is 0.346. The van der Waals surface area contributed by atoms with Crippen LogP contribution in [0.15, 0.2) is 48.5 Å². The van der Waals surface area contributed by atoms with Crippen molar-refractivity contribution in [1.82, 2.24) is 14.7 Å². The molecule has 3 aromatic rings. The number of carbonyl (C=O) groups excluding carboxylic acids is 2. The van der Waals surface area contributed by atoms with Gasteiger partial charge in [0, 0.05) is 19.2 Å². The van der Waals surface area contributed by atoms with Crippen molar-refractivity contribution in [2.75, 3.05) is 23.7 Å². The fourth-order valence-corrected chi connectivity index (χ4v) is 4.42. The zero-order chi connectivity index (χ0) is 24.8. The summed E-state index contributed by atoms with van der Waals surface area (Å²) in [5.74, 6) is 0.697. The number of aryl methyl sites for hydroxylation is 1. The lowest BCUT2D eigenvalue weighted by Gasteiger charge is -2.15. The summed E-state index contributed by atoms with van der Waals surface area (Å²) in [6.07, 6.45) is 5.40. The van der Waals surface area contributed by atoms with Crippen LogP contribution in [-0.2, 0) is 17.6 Å². The smallest absolute Gasteiger partial charge is 0.324 e. The second-order valence-corrected chi connectivity index (χ2v) is 9.43. The van der Waals surface area contributed by atoms with E-state index < -0.39 is 6.03 Å². The molecule has 2 heterocycles. The summed E-state index contributed by atoms with van der Waals surface area (Å²) in [5, 5.41) is 11.0. The first-order valence-electron chi connectivity index (χ1n) is 11.9. The summed E-state index contributed by atoms with van der Waals surface area (Å²) < 4.78 is 1.70. The van der Waals surface area contributed by atoms with Crippen molar-refractivity contribution in [2.24, 2.45) is 0 Å². The Morgan fingerprint density at radius 1 is 1.03 bits per heavy atom. The molecule has 2 N–H and O–H groups in total. The molecular weight excluding hydrogens is 485 g/mol. The van der Waals surface area contributed by atoms with E-state index in [9.17, 15) is 9.59 Å². The van der Waals surface area contributed by atoms with Gasteiger partial charge in [0.25, 0.3) is 0 Å². The summed E-state index contributed by atoms with van der Waals surface area (Å²) in [5.41, 5.74) is 3.05. The van der Waals surface area contributed by atoms with Crippen molar-refractivity contribution >= 4 is 46.6 Å². The van der Waals surface area contributed by atoms with Crippen LogP contribution in [0.5, 0.6) is 0 Å². The van der Waals surface area contributed by atoms with Crippen LogP contribution in [0.2, 0.25) is 10.0 Å². The quantitative estimate of drug-likeness (QED) is 0.369. The predicted molar refractivity (Wildman–Crippen MR) is 141 cm³/mol. The molecular formula is C26H29Cl2N5O2. The summed E-state index contributed by atoms with van der Waals surface area (Å²) in [6, 6.07) is 14.2. The number of hydrogen-bond acceptors (Lipinski definition) is 3. The number of halogens is 2. The maximum Gasteiger partial charge on any atom is 0.324 e. The first kappa shape index (κ1) is 25.1. The molecule has 1 aromatic heterocycles. The number of unbranched alkanes of at least 4 members (excludes halogenated alkanes) is 1. The van der Waals surface area contributed by atoms with Gasteiger partial charge in [0.2, 0.25) is 5.91 Å². The third-order valence-electron chi connectivity index (χ3n) is 5.98. The lowest BCUT2D eigenvalue weighted by molar-refractivity contribution is -0.129. The van der Waals surface area contributed by atoms with Crippen molar-refractivity contribution < 1.29 is 9.59 Å². The van der Waals surface area contributed by atoms with Gasteiger partial charge in [-0.05, 0) is 55.5 Å². The maximum absolute atomic E-state index is 12.7. The molecule has 35 heavy (non-hydrogen) atoms. The minimum Gasteiger partial charge on any atom is -0.342 e. The summed E-state index contributed by atoms with van der Waals surface area (Å²) in [7, 11) is 0. The van der Waals surface area contributed by atoms with E-state index >= 15 is 0 Å². The van der Waals surface area contributed by atoms with Gasteiger partial charge in [-0.2, -0.15) is 5.10 Å². The third-order valence-corrected chi connectivity index (χ3v) is 6.80. The van der Waals surface area contributed by atoms with Crippen LogP contribution < -0.4 is 10.6 Å². The Labute approximate surface area is 215 Å². The van der Waals surface area contributed by atoms with E-state index in [1.54, 1.807) is 22.9 Å². The number of rotatable bonds is 8. The zero-order valence-electron chi connectivity index (χ0n) is 19.7. The van der Waals surface area contributed by atoms with Gasteiger partial charge in [-0.3, -0.25) is 10.1 Å². The van der Waals surface area contributed by atoms with Gasteiger partial charge in [-0.1, -0.05) is 54.7 Å². The molecule has 1 saturated heterocycles. The number of likely N-dealkylation sites (tertiary alicyclic amines) is 1. The number of benzene rings is 2. The van der Waals surface area contributed by atoms with Crippen molar-refractivity contribution in [3.63, 3.8) is 0 Å². The van der Waals surface area contributed by atoms with Crippen LogP contribution in [0.1, 0.15) is 43.9 Å². The Morgan fingerprint density at radius 2 is 1.77 bits per heavy atom. The average molecular weight is 514 g/mol. The van der Waals surface area contributed by atoms with Gasteiger partial charge in [0.1, 0.15) is 5.82 Å². The van der Waals surface area contributed by atoms with Gasteiger partial charge < -0.3 is 10.2 Å². The molecule has 1 fully saturated rings. The molecule has 0 aliphatic carbocycles. The molecule has 0 spiro atoms. The fourth-order valence-electron chi connectivity index (χ4n) is 4.07. The van der Waals surface area contributed by atoms with E-state index in [0.29, 0.717) is 22.9 Å². The largest absolute Gasteiger partial charge is 0.342 e. The summed E-state index contributed by atoms with van der Waals surface area (Å²) >= 11 is 12.3. The molecule has 1 aliphatic rings. The molecule has 0 radical (unpaired) electrons. The zero-order valence-corrected chi connectivity index (χ0v) is 21.2. The highest BCUT2D eigenvalue weighted by Gasteiger charge is 2.18. The van der Waals surface area contributed by atoms with E-state index in [0.717, 1.165) is 62.1 Å². The maximum atomic E-state index is 12.7. The van der Waals surface area contributed by atoms with Crippen LogP contribution >= 0.6 is 23.2 Å². The first-order chi connectivity index (χ1) is 16.9.